The lowest BCUT2D eigenvalue weighted by Gasteiger charge is -2.27. The van der Waals surface area contributed by atoms with Crippen molar-refractivity contribution in [3.63, 3.8) is 0 Å². The molecule has 5 nitrogen and oxygen atoms in total. The summed E-state index contributed by atoms with van der Waals surface area (Å²) in [4.78, 5) is 14.7. The Bertz CT molecular complexity index is 887. The number of carbonyl (C=O) groups is 1. The van der Waals surface area contributed by atoms with Crippen LogP contribution in [0.3, 0.4) is 0 Å². The van der Waals surface area contributed by atoms with E-state index >= 15 is 0 Å². The first-order chi connectivity index (χ1) is 13.0. The molecule has 27 heavy (non-hydrogen) atoms. The van der Waals surface area contributed by atoms with Crippen molar-refractivity contribution in [1.29, 1.82) is 0 Å². The molecule has 1 amide bonds. The number of rotatable bonds is 6. The standard InChI is InChI=1S/C21H24N2O3S/c1-2-15-23(27(25,26)20-9-5-3-6-10-20)19-13-11-18(12-14-19)21(24)22-16-7-4-8-17-22/h2-3,5-6,9-14H,1,4,7-8,15-17H2. The van der Waals surface area contributed by atoms with Crippen LogP contribution < -0.4 is 4.31 Å². The van der Waals surface area contributed by atoms with E-state index in [0.29, 0.717) is 11.3 Å². The summed E-state index contributed by atoms with van der Waals surface area (Å²) in [6, 6.07) is 15.1. The minimum absolute atomic E-state index is 0.00226. The second-order valence-corrected chi connectivity index (χ2v) is 8.40. The van der Waals surface area contributed by atoms with Gasteiger partial charge in [-0.05, 0) is 55.7 Å². The van der Waals surface area contributed by atoms with Crippen LogP contribution in [0.5, 0.6) is 0 Å². The van der Waals surface area contributed by atoms with Crippen molar-refractivity contribution >= 4 is 21.6 Å². The van der Waals surface area contributed by atoms with Gasteiger partial charge in [-0.2, -0.15) is 0 Å². The van der Waals surface area contributed by atoms with Gasteiger partial charge in [0.1, 0.15) is 0 Å². The maximum absolute atomic E-state index is 13.0. The number of sulfonamides is 1. The summed E-state index contributed by atoms with van der Waals surface area (Å²) in [5.41, 5.74) is 1.09. The zero-order valence-electron chi connectivity index (χ0n) is 15.3. The molecule has 0 radical (unpaired) electrons. The van der Waals surface area contributed by atoms with Crippen molar-refractivity contribution < 1.29 is 13.2 Å². The molecule has 1 saturated heterocycles. The average Bonchev–Trinajstić information content (AvgIpc) is 2.73. The molecule has 2 aromatic rings. The zero-order valence-corrected chi connectivity index (χ0v) is 16.1. The van der Waals surface area contributed by atoms with Crippen molar-refractivity contribution in [3.8, 4) is 0 Å². The molecule has 3 rings (SSSR count). The van der Waals surface area contributed by atoms with Crippen LogP contribution in [-0.4, -0.2) is 38.9 Å². The van der Waals surface area contributed by atoms with E-state index in [1.54, 1.807) is 60.7 Å². The molecule has 0 aliphatic carbocycles. The Morgan fingerprint density at radius 2 is 1.63 bits per heavy atom. The second kappa shape index (κ2) is 8.39. The predicted octanol–water partition coefficient (Wildman–Crippen LogP) is 3.69. The van der Waals surface area contributed by atoms with Gasteiger partial charge in [-0.1, -0.05) is 24.3 Å². The van der Waals surface area contributed by atoms with Crippen LogP contribution in [0.2, 0.25) is 0 Å². The lowest BCUT2D eigenvalue weighted by molar-refractivity contribution is 0.0724. The minimum Gasteiger partial charge on any atom is -0.339 e. The van der Waals surface area contributed by atoms with E-state index in [4.69, 9.17) is 0 Å². The highest BCUT2D eigenvalue weighted by Crippen LogP contribution is 2.24. The monoisotopic (exact) mass is 384 g/mol. The fourth-order valence-corrected chi connectivity index (χ4v) is 4.69. The quantitative estimate of drug-likeness (QED) is 0.714. The summed E-state index contributed by atoms with van der Waals surface area (Å²) in [5, 5.41) is 0. The van der Waals surface area contributed by atoms with Gasteiger partial charge in [-0.3, -0.25) is 9.10 Å². The van der Waals surface area contributed by atoms with Crippen molar-refractivity contribution in [2.24, 2.45) is 0 Å². The van der Waals surface area contributed by atoms with Crippen LogP contribution >= 0.6 is 0 Å². The van der Waals surface area contributed by atoms with Gasteiger partial charge < -0.3 is 4.90 Å². The van der Waals surface area contributed by atoms with Gasteiger partial charge in [0.25, 0.3) is 15.9 Å². The minimum atomic E-state index is -3.70. The van der Waals surface area contributed by atoms with E-state index in [9.17, 15) is 13.2 Å². The Morgan fingerprint density at radius 3 is 2.22 bits per heavy atom. The Hall–Kier alpha value is -2.60. The summed E-state index contributed by atoms with van der Waals surface area (Å²) in [6.07, 6.45) is 4.78. The summed E-state index contributed by atoms with van der Waals surface area (Å²) in [5.74, 6) is 0.00226. The van der Waals surface area contributed by atoms with E-state index in [0.717, 1.165) is 32.4 Å². The number of carbonyl (C=O) groups excluding carboxylic acids is 1. The molecule has 1 heterocycles. The van der Waals surface area contributed by atoms with Gasteiger partial charge in [-0.15, -0.1) is 6.58 Å². The highest BCUT2D eigenvalue weighted by molar-refractivity contribution is 7.92. The summed E-state index contributed by atoms with van der Waals surface area (Å²) >= 11 is 0. The fraction of sp³-hybridized carbons (Fsp3) is 0.286. The molecule has 142 valence electrons. The maximum atomic E-state index is 13.0. The van der Waals surface area contributed by atoms with E-state index < -0.39 is 10.0 Å². The Labute approximate surface area is 161 Å². The largest absolute Gasteiger partial charge is 0.339 e. The summed E-state index contributed by atoms with van der Waals surface area (Å²) < 4.78 is 27.3. The normalized spacial score (nSPS) is 14.6. The SMILES string of the molecule is C=CCN(c1ccc(C(=O)N2CCCCC2)cc1)S(=O)(=O)c1ccccc1. The number of likely N-dealkylation sites (tertiary alicyclic amines) is 1. The molecular formula is C21H24N2O3S. The lowest BCUT2D eigenvalue weighted by atomic mass is 10.1. The molecule has 0 saturated carbocycles. The first-order valence-corrected chi connectivity index (χ1v) is 10.6. The van der Waals surface area contributed by atoms with Gasteiger partial charge in [0.05, 0.1) is 17.1 Å². The maximum Gasteiger partial charge on any atom is 0.264 e. The van der Waals surface area contributed by atoms with Gasteiger partial charge in [0, 0.05) is 18.7 Å². The van der Waals surface area contributed by atoms with Gasteiger partial charge in [0.2, 0.25) is 0 Å². The number of hydrogen-bond acceptors (Lipinski definition) is 3. The number of amides is 1. The fourth-order valence-electron chi connectivity index (χ4n) is 3.23. The first-order valence-electron chi connectivity index (χ1n) is 9.12. The van der Waals surface area contributed by atoms with Crippen LogP contribution in [-0.2, 0) is 10.0 Å². The number of hydrogen-bond donors (Lipinski definition) is 0. The molecule has 6 heteroatoms. The molecular weight excluding hydrogens is 360 g/mol. The molecule has 0 bridgehead atoms. The molecule has 1 aliphatic heterocycles. The summed E-state index contributed by atoms with van der Waals surface area (Å²) in [6.45, 7) is 5.39. The average molecular weight is 385 g/mol. The van der Waals surface area contributed by atoms with E-state index in [-0.39, 0.29) is 17.3 Å². The van der Waals surface area contributed by atoms with Crippen molar-refractivity contribution in [3.05, 3.63) is 72.8 Å². The Morgan fingerprint density at radius 1 is 1.00 bits per heavy atom. The highest BCUT2D eigenvalue weighted by Gasteiger charge is 2.24. The molecule has 2 aromatic carbocycles. The smallest absolute Gasteiger partial charge is 0.264 e. The van der Waals surface area contributed by atoms with E-state index in [1.807, 2.05) is 4.90 Å². The molecule has 0 atom stereocenters. The molecule has 1 aliphatic rings. The Kier molecular flexibility index (Phi) is 5.96. The van der Waals surface area contributed by atoms with E-state index in [1.165, 1.54) is 4.31 Å². The Balaban J connectivity index is 1.86. The number of benzene rings is 2. The van der Waals surface area contributed by atoms with E-state index in [2.05, 4.69) is 6.58 Å². The zero-order chi connectivity index (χ0) is 19.3. The van der Waals surface area contributed by atoms with Gasteiger partial charge >= 0.3 is 0 Å². The van der Waals surface area contributed by atoms with Crippen LogP contribution in [0.1, 0.15) is 29.6 Å². The third-order valence-electron chi connectivity index (χ3n) is 4.67. The third kappa shape index (κ3) is 4.22. The van der Waals surface area contributed by atoms with Crippen molar-refractivity contribution in [2.75, 3.05) is 23.9 Å². The number of piperidine rings is 1. The second-order valence-electron chi connectivity index (χ2n) is 6.54. The van der Waals surface area contributed by atoms with Crippen LogP contribution in [0.15, 0.2) is 72.1 Å². The molecule has 0 unspecified atom stereocenters. The summed E-state index contributed by atoms with van der Waals surface area (Å²) in [7, 11) is -3.70. The van der Waals surface area contributed by atoms with Crippen LogP contribution in [0.4, 0.5) is 5.69 Å². The topological polar surface area (TPSA) is 57.7 Å². The van der Waals surface area contributed by atoms with Gasteiger partial charge in [-0.25, -0.2) is 8.42 Å². The lowest BCUT2D eigenvalue weighted by Crippen LogP contribution is -2.35. The van der Waals surface area contributed by atoms with Gasteiger partial charge in [0.15, 0.2) is 0 Å². The molecule has 0 spiro atoms. The number of anilines is 1. The van der Waals surface area contributed by atoms with Crippen LogP contribution in [0.25, 0.3) is 0 Å². The third-order valence-corrected chi connectivity index (χ3v) is 6.48. The molecule has 0 aromatic heterocycles. The first kappa shape index (κ1) is 19.2. The molecule has 1 fully saturated rings. The van der Waals surface area contributed by atoms with Crippen LogP contribution in [0, 0.1) is 0 Å². The van der Waals surface area contributed by atoms with Crippen molar-refractivity contribution in [2.45, 2.75) is 24.2 Å². The van der Waals surface area contributed by atoms with Crippen molar-refractivity contribution in [1.82, 2.24) is 4.90 Å². The highest BCUT2D eigenvalue weighted by atomic mass is 32.2. The predicted molar refractivity (Wildman–Crippen MR) is 107 cm³/mol. The molecule has 0 N–H and O–H groups in total. The number of nitrogens with zero attached hydrogens (tertiary/aromatic N) is 2.